The fourth-order valence-electron chi connectivity index (χ4n) is 3.57. The Morgan fingerprint density at radius 1 is 1.15 bits per heavy atom. The zero-order valence-electron chi connectivity index (χ0n) is 18.8. The fraction of sp³-hybridized carbons (Fsp3) is 0.292. The number of fused-ring (bicyclic) bond motifs is 1. The minimum Gasteiger partial charge on any atom is -0.486 e. The van der Waals surface area contributed by atoms with Crippen LogP contribution in [-0.4, -0.2) is 43.1 Å². The number of carbonyl (C=O) groups is 2. The van der Waals surface area contributed by atoms with Crippen molar-refractivity contribution in [3.63, 3.8) is 0 Å². The number of nitriles is 1. The van der Waals surface area contributed by atoms with Gasteiger partial charge in [-0.25, -0.2) is 0 Å². The number of hydrazine groups is 2. The Labute approximate surface area is 197 Å². The van der Waals surface area contributed by atoms with E-state index in [0.29, 0.717) is 43.4 Å². The SMILES string of the molecule is CCc1ccc(C(C#N)NC(=O)C2=CN(CCNC(=O)c3cccc4c3OCCO4)NN2)cc1. The second kappa shape index (κ2) is 10.6. The number of ether oxygens (including phenoxy) is 2. The van der Waals surface area contributed by atoms with Gasteiger partial charge < -0.3 is 20.1 Å². The van der Waals surface area contributed by atoms with Gasteiger partial charge in [0.25, 0.3) is 11.8 Å². The van der Waals surface area contributed by atoms with Crippen LogP contribution in [0.2, 0.25) is 0 Å². The molecule has 176 valence electrons. The largest absolute Gasteiger partial charge is 0.486 e. The number of amides is 2. The summed E-state index contributed by atoms with van der Waals surface area (Å²) in [4.78, 5) is 25.2. The molecule has 2 aliphatic heterocycles. The molecule has 2 amide bonds. The summed E-state index contributed by atoms with van der Waals surface area (Å²) >= 11 is 0. The summed E-state index contributed by atoms with van der Waals surface area (Å²) in [6, 6.07) is 14.1. The lowest BCUT2D eigenvalue weighted by molar-refractivity contribution is -0.118. The maximum Gasteiger partial charge on any atom is 0.271 e. The quantitative estimate of drug-likeness (QED) is 0.462. The van der Waals surface area contributed by atoms with E-state index in [1.54, 1.807) is 29.4 Å². The molecule has 4 N–H and O–H groups in total. The second-order valence-electron chi connectivity index (χ2n) is 7.69. The summed E-state index contributed by atoms with van der Waals surface area (Å²) in [5, 5.41) is 16.7. The maximum absolute atomic E-state index is 12.6. The molecular weight excluding hydrogens is 436 g/mol. The third-order valence-electron chi connectivity index (χ3n) is 5.44. The summed E-state index contributed by atoms with van der Waals surface area (Å²) in [6.07, 6.45) is 2.48. The minimum absolute atomic E-state index is 0.263. The number of nitrogens with one attached hydrogen (secondary N) is 4. The molecule has 2 aliphatic rings. The van der Waals surface area contributed by atoms with Crippen LogP contribution in [0.4, 0.5) is 0 Å². The van der Waals surface area contributed by atoms with Crippen molar-refractivity contribution in [3.8, 4) is 17.6 Å². The van der Waals surface area contributed by atoms with Crippen LogP contribution in [-0.2, 0) is 11.2 Å². The number of aryl methyl sites for hydroxylation is 1. The van der Waals surface area contributed by atoms with Gasteiger partial charge in [-0.1, -0.05) is 37.3 Å². The van der Waals surface area contributed by atoms with Gasteiger partial charge in [0.15, 0.2) is 11.5 Å². The van der Waals surface area contributed by atoms with Gasteiger partial charge in [-0.2, -0.15) is 5.26 Å². The van der Waals surface area contributed by atoms with Crippen LogP contribution in [0.5, 0.6) is 11.5 Å². The zero-order valence-corrected chi connectivity index (χ0v) is 18.8. The van der Waals surface area contributed by atoms with Crippen LogP contribution in [0.1, 0.15) is 34.5 Å². The zero-order chi connectivity index (χ0) is 23.9. The van der Waals surface area contributed by atoms with E-state index in [4.69, 9.17) is 9.47 Å². The van der Waals surface area contributed by atoms with Crippen LogP contribution in [0.3, 0.4) is 0 Å². The Hall–Kier alpha value is -4.23. The molecule has 2 heterocycles. The average molecular weight is 463 g/mol. The third-order valence-corrected chi connectivity index (χ3v) is 5.44. The first-order valence-corrected chi connectivity index (χ1v) is 11.0. The van der Waals surface area contributed by atoms with Crippen molar-refractivity contribution < 1.29 is 19.1 Å². The van der Waals surface area contributed by atoms with Gasteiger partial charge >= 0.3 is 0 Å². The second-order valence-corrected chi connectivity index (χ2v) is 7.69. The smallest absolute Gasteiger partial charge is 0.271 e. The summed E-state index contributed by atoms with van der Waals surface area (Å²) in [7, 11) is 0. The maximum atomic E-state index is 12.6. The lowest BCUT2D eigenvalue weighted by Crippen LogP contribution is -2.42. The van der Waals surface area contributed by atoms with Crippen molar-refractivity contribution in [2.45, 2.75) is 19.4 Å². The number of nitrogens with zero attached hydrogens (tertiary/aromatic N) is 2. The van der Waals surface area contributed by atoms with E-state index in [9.17, 15) is 14.9 Å². The number of hydrogen-bond donors (Lipinski definition) is 4. The van der Waals surface area contributed by atoms with Crippen molar-refractivity contribution >= 4 is 11.8 Å². The first-order valence-electron chi connectivity index (χ1n) is 11.0. The highest BCUT2D eigenvalue weighted by molar-refractivity contribution is 5.98. The molecule has 2 aromatic carbocycles. The molecule has 10 nitrogen and oxygen atoms in total. The van der Waals surface area contributed by atoms with Gasteiger partial charge in [-0.15, -0.1) is 5.53 Å². The fourth-order valence-corrected chi connectivity index (χ4v) is 3.57. The summed E-state index contributed by atoms with van der Waals surface area (Å²) in [5.74, 6) is 0.308. The number of para-hydroxylation sites is 1. The monoisotopic (exact) mass is 462 g/mol. The van der Waals surface area contributed by atoms with Gasteiger partial charge in [0.05, 0.1) is 18.2 Å². The first kappa shape index (κ1) is 22.9. The van der Waals surface area contributed by atoms with Crippen molar-refractivity contribution in [1.82, 2.24) is 26.6 Å². The lowest BCUT2D eigenvalue weighted by Gasteiger charge is -2.21. The molecule has 0 radical (unpaired) electrons. The molecule has 0 saturated carbocycles. The van der Waals surface area contributed by atoms with E-state index < -0.39 is 11.9 Å². The summed E-state index contributed by atoms with van der Waals surface area (Å²) < 4.78 is 11.1. The highest BCUT2D eigenvalue weighted by atomic mass is 16.6. The van der Waals surface area contributed by atoms with E-state index >= 15 is 0 Å². The molecule has 0 saturated heterocycles. The molecule has 0 bridgehead atoms. The molecule has 10 heteroatoms. The van der Waals surface area contributed by atoms with Gasteiger partial charge in [0, 0.05) is 12.7 Å². The Morgan fingerprint density at radius 3 is 2.71 bits per heavy atom. The molecule has 1 unspecified atom stereocenters. The molecule has 2 aromatic rings. The van der Waals surface area contributed by atoms with E-state index in [1.807, 2.05) is 24.3 Å². The lowest BCUT2D eigenvalue weighted by atomic mass is 10.0. The molecule has 4 rings (SSSR count). The van der Waals surface area contributed by atoms with Gasteiger partial charge in [0.2, 0.25) is 0 Å². The summed E-state index contributed by atoms with van der Waals surface area (Å²) in [6.45, 7) is 3.61. The van der Waals surface area contributed by atoms with Crippen molar-refractivity contribution in [2.75, 3.05) is 26.3 Å². The Balaban J connectivity index is 1.28. The molecule has 1 atom stereocenters. The number of carbonyl (C=O) groups excluding carboxylic acids is 2. The predicted molar refractivity (Wildman–Crippen MR) is 123 cm³/mol. The highest BCUT2D eigenvalue weighted by Crippen LogP contribution is 2.33. The van der Waals surface area contributed by atoms with Crippen molar-refractivity contribution in [2.24, 2.45) is 0 Å². The molecule has 0 aromatic heterocycles. The standard InChI is InChI=1S/C24H26N6O4/c1-2-16-6-8-17(9-7-16)19(14-25)27-24(32)20-15-30(29-28-20)11-10-26-23(31)18-4-3-5-21-22(18)34-13-12-33-21/h3-9,15,19,28-29H,2,10-13H2,1H3,(H,26,31)(H,27,32). The van der Waals surface area contributed by atoms with Crippen molar-refractivity contribution in [1.29, 1.82) is 5.26 Å². The number of hydrogen-bond acceptors (Lipinski definition) is 8. The van der Waals surface area contributed by atoms with E-state index in [0.717, 1.165) is 17.5 Å². The van der Waals surface area contributed by atoms with Crippen LogP contribution in [0, 0.1) is 11.3 Å². The highest BCUT2D eigenvalue weighted by Gasteiger charge is 2.23. The van der Waals surface area contributed by atoms with Gasteiger partial charge in [-0.05, 0) is 29.7 Å². The van der Waals surface area contributed by atoms with Crippen molar-refractivity contribution in [3.05, 3.63) is 71.1 Å². The molecular formula is C24H26N6O4. The predicted octanol–water partition coefficient (Wildman–Crippen LogP) is 1.30. The molecule has 34 heavy (non-hydrogen) atoms. The summed E-state index contributed by atoms with van der Waals surface area (Å²) in [5.41, 5.74) is 8.18. The Morgan fingerprint density at radius 2 is 1.94 bits per heavy atom. The molecule has 0 aliphatic carbocycles. The van der Waals surface area contributed by atoms with E-state index in [2.05, 4.69) is 34.6 Å². The van der Waals surface area contributed by atoms with Gasteiger partial charge in [-0.3, -0.25) is 20.0 Å². The number of rotatable bonds is 8. The van der Waals surface area contributed by atoms with Crippen LogP contribution in [0.15, 0.2) is 54.4 Å². The number of benzene rings is 2. The topological polar surface area (TPSA) is 128 Å². The minimum atomic E-state index is -0.766. The van der Waals surface area contributed by atoms with Gasteiger partial charge in [0.1, 0.15) is 25.0 Å². The third kappa shape index (κ3) is 5.22. The first-order chi connectivity index (χ1) is 16.6. The van der Waals surface area contributed by atoms with Crippen LogP contribution >= 0.6 is 0 Å². The van der Waals surface area contributed by atoms with Crippen LogP contribution in [0.25, 0.3) is 0 Å². The van der Waals surface area contributed by atoms with E-state index in [-0.39, 0.29) is 11.6 Å². The average Bonchev–Trinajstić information content (AvgIpc) is 3.36. The van der Waals surface area contributed by atoms with E-state index in [1.165, 1.54) is 0 Å². The Bertz CT molecular complexity index is 1130. The Kier molecular flexibility index (Phi) is 7.15. The molecule has 0 spiro atoms. The normalized spacial score (nSPS) is 14.9. The van der Waals surface area contributed by atoms with Crippen LogP contribution < -0.4 is 31.1 Å². The molecule has 0 fully saturated rings.